The number of carbonyl (C=O) groups is 2. The van der Waals surface area contributed by atoms with Gasteiger partial charge in [-0.1, -0.05) is 6.92 Å². The zero-order valence-electron chi connectivity index (χ0n) is 11.3. The van der Waals surface area contributed by atoms with Crippen molar-refractivity contribution in [3.63, 3.8) is 0 Å². The first-order chi connectivity index (χ1) is 9.47. The Kier molecular flexibility index (Phi) is 4.74. The summed E-state index contributed by atoms with van der Waals surface area (Å²) in [5.41, 5.74) is 5.55. The molecule has 1 aliphatic rings. The number of primary amides is 1. The van der Waals surface area contributed by atoms with Crippen molar-refractivity contribution in [3.8, 4) is 0 Å². The Bertz CT molecular complexity index is 503. The van der Waals surface area contributed by atoms with Gasteiger partial charge in [-0.3, -0.25) is 14.5 Å². The van der Waals surface area contributed by atoms with Gasteiger partial charge in [0.05, 0.1) is 18.2 Å². The number of anilines is 1. The zero-order chi connectivity index (χ0) is 14.7. The van der Waals surface area contributed by atoms with E-state index >= 15 is 0 Å². The Labute approximate surface area is 121 Å². The number of hydrogen-bond acceptors (Lipinski definition) is 5. The molecule has 1 aliphatic heterocycles. The lowest BCUT2D eigenvalue weighted by Crippen LogP contribution is -2.45. The molecule has 2 heterocycles. The van der Waals surface area contributed by atoms with E-state index in [1.165, 1.54) is 11.3 Å². The third-order valence-electron chi connectivity index (χ3n) is 3.55. The van der Waals surface area contributed by atoms with Crippen molar-refractivity contribution in [1.82, 2.24) is 4.90 Å². The summed E-state index contributed by atoms with van der Waals surface area (Å²) < 4.78 is 0. The minimum atomic E-state index is -0.552. The van der Waals surface area contributed by atoms with Gasteiger partial charge < -0.3 is 16.2 Å². The molecule has 1 aromatic heterocycles. The number of aliphatic hydroxyl groups is 1. The summed E-state index contributed by atoms with van der Waals surface area (Å²) in [6, 6.07) is 1.59. The number of nitrogens with two attached hydrogens (primary N) is 1. The number of carbonyl (C=O) groups excluding carboxylic acids is 2. The van der Waals surface area contributed by atoms with Crippen LogP contribution in [0.5, 0.6) is 0 Å². The van der Waals surface area contributed by atoms with E-state index in [1.54, 1.807) is 11.4 Å². The molecule has 0 aliphatic carbocycles. The molecule has 0 radical (unpaired) electrons. The second-order valence-electron chi connectivity index (χ2n) is 5.14. The number of likely N-dealkylation sites (tertiary alicyclic amines) is 1. The second-order valence-corrected chi connectivity index (χ2v) is 6.06. The summed E-state index contributed by atoms with van der Waals surface area (Å²) in [4.78, 5) is 25.0. The summed E-state index contributed by atoms with van der Waals surface area (Å²) in [6.45, 7) is 3.51. The fraction of sp³-hybridized carbons (Fsp3) is 0.538. The predicted molar refractivity (Wildman–Crippen MR) is 77.7 cm³/mol. The highest BCUT2D eigenvalue weighted by molar-refractivity contribution is 7.14. The number of rotatable bonds is 4. The van der Waals surface area contributed by atoms with E-state index in [1.807, 2.05) is 11.8 Å². The Morgan fingerprint density at radius 1 is 1.60 bits per heavy atom. The van der Waals surface area contributed by atoms with Crippen LogP contribution >= 0.6 is 11.3 Å². The van der Waals surface area contributed by atoms with Crippen LogP contribution in [0.2, 0.25) is 0 Å². The summed E-state index contributed by atoms with van der Waals surface area (Å²) >= 11 is 1.27. The molecule has 7 heteroatoms. The van der Waals surface area contributed by atoms with Crippen LogP contribution in [-0.4, -0.2) is 47.6 Å². The number of thiophene rings is 1. The van der Waals surface area contributed by atoms with E-state index in [9.17, 15) is 14.7 Å². The lowest BCUT2D eigenvalue weighted by atomic mass is 9.96. The first-order valence-corrected chi connectivity index (χ1v) is 7.43. The molecule has 0 spiro atoms. The standard InChI is InChI=1S/C13H19N3O3S/c1-8-2-4-16(6-10(8)17)7-11(18)15-13-9(12(14)19)3-5-20-13/h3,5,8,10,17H,2,4,6-7H2,1H3,(H2,14,19)(H,15,18). The van der Waals surface area contributed by atoms with E-state index in [2.05, 4.69) is 5.32 Å². The lowest BCUT2D eigenvalue weighted by molar-refractivity contribution is -0.118. The minimum Gasteiger partial charge on any atom is -0.392 e. The molecule has 2 rings (SSSR count). The van der Waals surface area contributed by atoms with Gasteiger partial charge in [-0.05, 0) is 30.3 Å². The number of hydrogen-bond donors (Lipinski definition) is 3. The maximum absolute atomic E-state index is 12.0. The first-order valence-electron chi connectivity index (χ1n) is 6.55. The molecular formula is C13H19N3O3S. The molecule has 0 bridgehead atoms. The molecule has 110 valence electrons. The average Bonchev–Trinajstić information content (AvgIpc) is 2.82. The molecule has 2 amide bonds. The Balaban J connectivity index is 1.89. The van der Waals surface area contributed by atoms with Crippen LogP contribution in [0.3, 0.4) is 0 Å². The van der Waals surface area contributed by atoms with Crippen molar-refractivity contribution in [2.24, 2.45) is 11.7 Å². The van der Waals surface area contributed by atoms with E-state index < -0.39 is 5.91 Å². The van der Waals surface area contributed by atoms with Gasteiger partial charge in [-0.25, -0.2) is 0 Å². The number of piperidine rings is 1. The number of β-amino-alcohol motifs (C(OH)–C–C–N with tert-alkyl or cyclic N) is 1. The SMILES string of the molecule is CC1CCN(CC(=O)Nc2sccc2C(N)=O)CC1O. The molecule has 0 saturated carbocycles. The normalized spacial score (nSPS) is 23.5. The maximum Gasteiger partial charge on any atom is 0.251 e. The van der Waals surface area contributed by atoms with E-state index in [-0.39, 0.29) is 24.5 Å². The van der Waals surface area contributed by atoms with E-state index in [0.29, 0.717) is 17.1 Å². The minimum absolute atomic E-state index is 0.197. The van der Waals surface area contributed by atoms with Crippen molar-refractivity contribution in [3.05, 3.63) is 17.0 Å². The Morgan fingerprint density at radius 2 is 2.35 bits per heavy atom. The maximum atomic E-state index is 12.0. The zero-order valence-corrected chi connectivity index (χ0v) is 12.2. The monoisotopic (exact) mass is 297 g/mol. The highest BCUT2D eigenvalue weighted by Gasteiger charge is 2.25. The Hall–Kier alpha value is -1.44. The molecule has 2 unspecified atom stereocenters. The summed E-state index contributed by atoms with van der Waals surface area (Å²) in [7, 11) is 0. The van der Waals surface area contributed by atoms with E-state index in [4.69, 9.17) is 5.73 Å². The van der Waals surface area contributed by atoms with Gasteiger partial charge in [-0.15, -0.1) is 11.3 Å². The molecule has 2 atom stereocenters. The van der Waals surface area contributed by atoms with Crippen LogP contribution < -0.4 is 11.1 Å². The smallest absolute Gasteiger partial charge is 0.251 e. The summed E-state index contributed by atoms with van der Waals surface area (Å²) in [5.74, 6) is -0.478. The van der Waals surface area contributed by atoms with Crippen LogP contribution in [0.4, 0.5) is 5.00 Å². The van der Waals surface area contributed by atoms with Crippen LogP contribution in [0.15, 0.2) is 11.4 Å². The second kappa shape index (κ2) is 6.34. The number of aliphatic hydroxyl groups excluding tert-OH is 1. The predicted octanol–water partition coefficient (Wildman–Crippen LogP) is 0.488. The summed E-state index contributed by atoms with van der Waals surface area (Å²) in [6.07, 6.45) is 0.486. The quantitative estimate of drug-likeness (QED) is 0.753. The molecule has 6 nitrogen and oxygen atoms in total. The van der Waals surface area contributed by atoms with Crippen LogP contribution in [0.1, 0.15) is 23.7 Å². The van der Waals surface area contributed by atoms with Gasteiger partial charge in [0.1, 0.15) is 5.00 Å². The van der Waals surface area contributed by atoms with Gasteiger partial charge in [0, 0.05) is 6.54 Å². The van der Waals surface area contributed by atoms with Crippen LogP contribution in [0.25, 0.3) is 0 Å². The first kappa shape index (κ1) is 15.0. The van der Waals surface area contributed by atoms with Gasteiger partial charge in [0.15, 0.2) is 0 Å². The number of nitrogens with zero attached hydrogens (tertiary/aromatic N) is 1. The van der Waals surface area contributed by atoms with E-state index in [0.717, 1.165) is 13.0 Å². The third-order valence-corrected chi connectivity index (χ3v) is 4.38. The largest absolute Gasteiger partial charge is 0.392 e. The van der Waals surface area contributed by atoms with Crippen molar-refractivity contribution in [2.45, 2.75) is 19.4 Å². The Morgan fingerprint density at radius 3 is 3.00 bits per heavy atom. The lowest BCUT2D eigenvalue weighted by Gasteiger charge is -2.33. The van der Waals surface area contributed by atoms with Crippen molar-refractivity contribution >= 4 is 28.2 Å². The van der Waals surface area contributed by atoms with Gasteiger partial charge in [0.2, 0.25) is 5.91 Å². The van der Waals surface area contributed by atoms with Crippen molar-refractivity contribution in [2.75, 3.05) is 25.0 Å². The van der Waals surface area contributed by atoms with Crippen molar-refractivity contribution < 1.29 is 14.7 Å². The van der Waals surface area contributed by atoms with Crippen molar-refractivity contribution in [1.29, 1.82) is 0 Å². The number of nitrogens with one attached hydrogen (secondary N) is 1. The molecule has 20 heavy (non-hydrogen) atoms. The molecule has 1 aromatic rings. The van der Waals surface area contributed by atoms with Gasteiger partial charge in [0.25, 0.3) is 5.91 Å². The third kappa shape index (κ3) is 3.56. The van der Waals surface area contributed by atoms with Crippen LogP contribution in [-0.2, 0) is 4.79 Å². The average molecular weight is 297 g/mol. The fourth-order valence-electron chi connectivity index (χ4n) is 2.23. The highest BCUT2D eigenvalue weighted by atomic mass is 32.1. The number of amides is 2. The topological polar surface area (TPSA) is 95.7 Å². The fourth-order valence-corrected chi connectivity index (χ4v) is 3.04. The van der Waals surface area contributed by atoms with Crippen LogP contribution in [0, 0.1) is 5.92 Å². The molecule has 4 N–H and O–H groups in total. The van der Waals surface area contributed by atoms with Gasteiger partial charge >= 0.3 is 0 Å². The molecule has 0 aromatic carbocycles. The van der Waals surface area contributed by atoms with Gasteiger partial charge in [-0.2, -0.15) is 0 Å². The summed E-state index contributed by atoms with van der Waals surface area (Å²) in [5, 5.41) is 14.7. The highest BCUT2D eigenvalue weighted by Crippen LogP contribution is 2.23. The molecular weight excluding hydrogens is 278 g/mol. The molecule has 1 saturated heterocycles. The molecule has 1 fully saturated rings.